The number of hydrogen-bond acceptors (Lipinski definition) is 5. The molecule has 1 aliphatic rings. The monoisotopic (exact) mass is 445 g/mol. The number of anilines is 1. The van der Waals surface area contributed by atoms with Gasteiger partial charge in [0.05, 0.1) is 17.9 Å². The predicted molar refractivity (Wildman–Crippen MR) is 117 cm³/mol. The number of nitrogens with one attached hydrogen (secondary N) is 2. The molecule has 2 aromatic carbocycles. The minimum atomic E-state index is -3.66. The summed E-state index contributed by atoms with van der Waals surface area (Å²) in [6.45, 7) is 2.05. The highest BCUT2D eigenvalue weighted by Gasteiger charge is 2.34. The first kappa shape index (κ1) is 22.8. The van der Waals surface area contributed by atoms with Gasteiger partial charge < -0.3 is 15.4 Å². The van der Waals surface area contributed by atoms with Crippen LogP contribution in [0.4, 0.5) is 5.69 Å². The van der Waals surface area contributed by atoms with Crippen LogP contribution in [0, 0.1) is 5.92 Å². The van der Waals surface area contributed by atoms with Crippen LogP contribution in [0.25, 0.3) is 0 Å². The highest BCUT2D eigenvalue weighted by Crippen LogP contribution is 2.24. The number of ether oxygens (including phenoxy) is 1. The molecule has 166 valence electrons. The molecule has 9 heteroatoms. The van der Waals surface area contributed by atoms with Crippen LogP contribution in [0.2, 0.25) is 0 Å². The fourth-order valence-electron chi connectivity index (χ4n) is 3.46. The van der Waals surface area contributed by atoms with Gasteiger partial charge in [-0.2, -0.15) is 4.31 Å². The Morgan fingerprint density at radius 3 is 2.58 bits per heavy atom. The van der Waals surface area contributed by atoms with Gasteiger partial charge in [-0.05, 0) is 44.0 Å². The van der Waals surface area contributed by atoms with Crippen LogP contribution in [-0.2, 0) is 19.6 Å². The normalized spacial score (nSPS) is 18.1. The van der Waals surface area contributed by atoms with Crippen molar-refractivity contribution in [3.63, 3.8) is 0 Å². The van der Waals surface area contributed by atoms with Gasteiger partial charge in [0.25, 0.3) is 0 Å². The van der Waals surface area contributed by atoms with Crippen LogP contribution in [0.1, 0.15) is 19.8 Å². The molecular weight excluding hydrogens is 418 g/mol. The number of hydrogen-bond donors (Lipinski definition) is 2. The molecule has 0 aliphatic carbocycles. The Morgan fingerprint density at radius 1 is 1.13 bits per heavy atom. The maximum absolute atomic E-state index is 12.9. The number of rotatable bonds is 7. The maximum Gasteiger partial charge on any atom is 0.246 e. The summed E-state index contributed by atoms with van der Waals surface area (Å²) in [6.07, 6.45) is 1.14. The van der Waals surface area contributed by atoms with Crippen molar-refractivity contribution in [2.24, 2.45) is 5.92 Å². The minimum absolute atomic E-state index is 0.0906. The number of piperidine rings is 1. The highest BCUT2D eigenvalue weighted by molar-refractivity contribution is 7.89. The topological polar surface area (TPSA) is 105 Å². The van der Waals surface area contributed by atoms with Gasteiger partial charge in [-0.1, -0.05) is 24.3 Å². The average Bonchev–Trinajstić information content (AvgIpc) is 2.79. The minimum Gasteiger partial charge on any atom is -0.497 e. The summed E-state index contributed by atoms with van der Waals surface area (Å²) in [4.78, 5) is 25.4. The van der Waals surface area contributed by atoms with E-state index < -0.39 is 22.0 Å². The number of sulfonamides is 1. The molecule has 3 rings (SSSR count). The van der Waals surface area contributed by atoms with E-state index in [1.807, 2.05) is 0 Å². The van der Waals surface area contributed by atoms with Crippen molar-refractivity contribution in [3.8, 4) is 5.75 Å². The molecule has 0 spiro atoms. The summed E-state index contributed by atoms with van der Waals surface area (Å²) in [5.74, 6) is -0.608. The zero-order valence-electron chi connectivity index (χ0n) is 17.6. The fourth-order valence-corrected chi connectivity index (χ4v) is 5.01. The smallest absolute Gasteiger partial charge is 0.246 e. The lowest BCUT2D eigenvalue weighted by Crippen LogP contribution is -2.49. The molecule has 1 heterocycles. The van der Waals surface area contributed by atoms with Crippen molar-refractivity contribution >= 4 is 27.5 Å². The second-order valence-electron chi connectivity index (χ2n) is 7.47. The standard InChI is InChI=1S/C22H27N3O5S/c1-16(21(26)24-18-9-6-10-19(14-18)30-2)23-22(27)17-8-7-13-25(15-17)31(28,29)20-11-4-3-5-12-20/h3-6,9-12,14,16-17H,7-8,13,15H2,1-2H3,(H,23,27)(H,24,26)/t16-,17?/m1/s1. The van der Waals surface area contributed by atoms with E-state index >= 15 is 0 Å². The van der Waals surface area contributed by atoms with Crippen LogP contribution < -0.4 is 15.4 Å². The molecule has 8 nitrogen and oxygen atoms in total. The molecule has 0 saturated carbocycles. The fraction of sp³-hybridized carbons (Fsp3) is 0.364. The lowest BCUT2D eigenvalue weighted by molar-refractivity contribution is -0.129. The van der Waals surface area contributed by atoms with Crippen LogP contribution in [0.3, 0.4) is 0 Å². The van der Waals surface area contributed by atoms with E-state index in [0.717, 1.165) is 0 Å². The zero-order valence-corrected chi connectivity index (χ0v) is 18.4. The number of nitrogens with zero attached hydrogens (tertiary/aromatic N) is 1. The molecule has 1 aliphatic heterocycles. The molecule has 1 unspecified atom stereocenters. The van der Waals surface area contributed by atoms with Gasteiger partial charge in [-0.3, -0.25) is 9.59 Å². The Labute approximate surface area is 182 Å². The van der Waals surface area contributed by atoms with E-state index in [1.54, 1.807) is 61.5 Å². The second-order valence-corrected chi connectivity index (χ2v) is 9.40. The van der Waals surface area contributed by atoms with Crippen molar-refractivity contribution in [2.75, 3.05) is 25.5 Å². The first-order chi connectivity index (χ1) is 14.8. The first-order valence-corrected chi connectivity index (χ1v) is 11.6. The molecule has 1 fully saturated rings. The summed E-state index contributed by atoms with van der Waals surface area (Å²) < 4.78 is 32.2. The summed E-state index contributed by atoms with van der Waals surface area (Å²) in [7, 11) is -2.12. The summed E-state index contributed by atoms with van der Waals surface area (Å²) in [5.41, 5.74) is 0.559. The average molecular weight is 446 g/mol. The molecule has 1 saturated heterocycles. The number of methoxy groups -OCH3 is 1. The third-order valence-corrected chi connectivity index (χ3v) is 7.10. The number of benzene rings is 2. The van der Waals surface area contributed by atoms with E-state index in [-0.39, 0.29) is 23.3 Å². The van der Waals surface area contributed by atoms with E-state index in [2.05, 4.69) is 10.6 Å². The van der Waals surface area contributed by atoms with Gasteiger partial charge in [0.1, 0.15) is 11.8 Å². The molecule has 2 aromatic rings. The van der Waals surface area contributed by atoms with Gasteiger partial charge in [0.2, 0.25) is 21.8 Å². The Bertz CT molecular complexity index is 1030. The number of carbonyl (C=O) groups is 2. The van der Waals surface area contributed by atoms with Gasteiger partial charge >= 0.3 is 0 Å². The molecule has 0 bridgehead atoms. The van der Waals surface area contributed by atoms with Crippen molar-refractivity contribution in [1.82, 2.24) is 9.62 Å². The van der Waals surface area contributed by atoms with E-state index in [1.165, 1.54) is 11.4 Å². The first-order valence-electron chi connectivity index (χ1n) is 10.1. The van der Waals surface area contributed by atoms with Gasteiger partial charge in [0.15, 0.2) is 0 Å². The Balaban J connectivity index is 1.60. The zero-order chi connectivity index (χ0) is 22.4. The van der Waals surface area contributed by atoms with Crippen molar-refractivity contribution in [3.05, 3.63) is 54.6 Å². The molecule has 0 aromatic heterocycles. The molecule has 0 radical (unpaired) electrons. The molecule has 2 amide bonds. The largest absolute Gasteiger partial charge is 0.497 e. The quantitative estimate of drug-likeness (QED) is 0.680. The van der Waals surface area contributed by atoms with Gasteiger partial charge in [-0.15, -0.1) is 0 Å². The van der Waals surface area contributed by atoms with Crippen molar-refractivity contribution < 1.29 is 22.7 Å². The molecule has 2 atom stereocenters. The number of amides is 2. The van der Waals surface area contributed by atoms with Crippen LogP contribution in [0.5, 0.6) is 5.75 Å². The predicted octanol–water partition coefficient (Wildman–Crippen LogP) is 2.24. The summed E-state index contributed by atoms with van der Waals surface area (Å²) >= 11 is 0. The van der Waals surface area contributed by atoms with Crippen molar-refractivity contribution in [2.45, 2.75) is 30.7 Å². The Hall–Kier alpha value is -2.91. The second kappa shape index (κ2) is 9.93. The lowest BCUT2D eigenvalue weighted by Gasteiger charge is -2.31. The van der Waals surface area contributed by atoms with E-state index in [4.69, 9.17) is 4.74 Å². The number of carbonyl (C=O) groups excluding carboxylic acids is 2. The molecule has 31 heavy (non-hydrogen) atoms. The van der Waals surface area contributed by atoms with Gasteiger partial charge in [0, 0.05) is 24.8 Å². The Kier molecular flexibility index (Phi) is 7.29. The summed E-state index contributed by atoms with van der Waals surface area (Å²) in [5, 5.41) is 5.45. The van der Waals surface area contributed by atoms with Crippen LogP contribution in [0.15, 0.2) is 59.5 Å². The lowest BCUT2D eigenvalue weighted by atomic mass is 9.98. The van der Waals surface area contributed by atoms with Crippen molar-refractivity contribution in [1.29, 1.82) is 0 Å². The Morgan fingerprint density at radius 2 is 1.87 bits per heavy atom. The third-order valence-electron chi connectivity index (χ3n) is 5.23. The summed E-state index contributed by atoms with van der Waals surface area (Å²) in [6, 6.07) is 14.3. The van der Waals surface area contributed by atoms with Crippen LogP contribution >= 0.6 is 0 Å². The van der Waals surface area contributed by atoms with Gasteiger partial charge in [-0.25, -0.2) is 8.42 Å². The van der Waals surface area contributed by atoms with E-state index in [0.29, 0.717) is 30.8 Å². The molecule has 2 N–H and O–H groups in total. The van der Waals surface area contributed by atoms with E-state index in [9.17, 15) is 18.0 Å². The third kappa shape index (κ3) is 5.62. The highest BCUT2D eigenvalue weighted by atomic mass is 32.2. The SMILES string of the molecule is COc1cccc(NC(=O)[C@@H](C)NC(=O)C2CCCN(S(=O)(=O)c3ccccc3)C2)c1. The maximum atomic E-state index is 12.9. The van der Waals surface area contributed by atoms with Crippen LogP contribution in [-0.4, -0.2) is 50.8 Å². The molecular formula is C22H27N3O5S.